The van der Waals surface area contributed by atoms with Crippen LogP contribution in [0.5, 0.6) is 0 Å². The fraction of sp³-hybridized carbons (Fsp3) is 0.462. The molecule has 0 spiro atoms. The molecule has 1 fully saturated rings. The maximum atomic E-state index is 11.2. The van der Waals surface area contributed by atoms with Gasteiger partial charge in [-0.1, -0.05) is 23.8 Å². The minimum Gasteiger partial charge on any atom is -0.300 e. The van der Waals surface area contributed by atoms with E-state index >= 15 is 0 Å². The number of rotatable bonds is 2. The first-order chi connectivity index (χ1) is 6.59. The van der Waals surface area contributed by atoms with Gasteiger partial charge < -0.3 is 0 Å². The molecule has 1 aromatic carbocycles. The summed E-state index contributed by atoms with van der Waals surface area (Å²) in [6.07, 6.45) is 1.05. The molecule has 0 saturated heterocycles. The van der Waals surface area contributed by atoms with Gasteiger partial charge in [0.05, 0.1) is 0 Å². The summed E-state index contributed by atoms with van der Waals surface area (Å²) in [5, 5.41) is 0. The molecule has 1 heteroatoms. The lowest BCUT2D eigenvalue weighted by molar-refractivity contribution is -0.118. The van der Waals surface area contributed by atoms with Gasteiger partial charge in [-0.05, 0) is 44.2 Å². The fourth-order valence-electron chi connectivity index (χ4n) is 2.23. The summed E-state index contributed by atoms with van der Waals surface area (Å²) in [6.45, 7) is 5.94. The third kappa shape index (κ3) is 1.59. The van der Waals surface area contributed by atoms with E-state index < -0.39 is 0 Å². The van der Waals surface area contributed by atoms with E-state index in [0.717, 1.165) is 6.42 Å². The maximum absolute atomic E-state index is 11.2. The first-order valence-electron chi connectivity index (χ1n) is 5.17. The van der Waals surface area contributed by atoms with Crippen molar-refractivity contribution in [3.63, 3.8) is 0 Å². The summed E-state index contributed by atoms with van der Waals surface area (Å²) in [7, 11) is 0. The summed E-state index contributed by atoms with van der Waals surface area (Å²) in [5.74, 6) is 1.15. The lowest BCUT2D eigenvalue weighted by atomic mass is 10.0. The van der Waals surface area contributed by atoms with Crippen LogP contribution in [-0.4, -0.2) is 5.78 Å². The Labute approximate surface area is 85.1 Å². The minimum absolute atomic E-state index is 0.302. The average Bonchev–Trinajstić information content (AvgIpc) is 2.83. The van der Waals surface area contributed by atoms with Crippen molar-refractivity contribution in [3.8, 4) is 0 Å². The first kappa shape index (κ1) is 9.45. The smallest absolute Gasteiger partial charge is 0.133 e. The van der Waals surface area contributed by atoms with E-state index in [0.29, 0.717) is 17.6 Å². The van der Waals surface area contributed by atoms with Crippen molar-refractivity contribution >= 4 is 5.78 Å². The largest absolute Gasteiger partial charge is 0.300 e. The summed E-state index contributed by atoms with van der Waals surface area (Å²) in [4.78, 5) is 11.2. The third-order valence-electron chi connectivity index (χ3n) is 3.14. The second-order valence-corrected chi connectivity index (χ2v) is 4.42. The van der Waals surface area contributed by atoms with Crippen LogP contribution >= 0.6 is 0 Å². The van der Waals surface area contributed by atoms with Crippen molar-refractivity contribution in [3.05, 3.63) is 34.9 Å². The predicted octanol–water partition coefficient (Wildman–Crippen LogP) is 3.00. The Balaban J connectivity index is 2.23. The zero-order valence-corrected chi connectivity index (χ0v) is 9.00. The van der Waals surface area contributed by atoms with Crippen LogP contribution in [0.15, 0.2) is 18.2 Å². The maximum Gasteiger partial charge on any atom is 0.133 e. The van der Waals surface area contributed by atoms with E-state index in [1.807, 2.05) is 0 Å². The summed E-state index contributed by atoms with van der Waals surface area (Å²) in [5.41, 5.74) is 4.00. The molecule has 0 bridgehead atoms. The Morgan fingerprint density at radius 1 is 1.36 bits per heavy atom. The van der Waals surface area contributed by atoms with Crippen LogP contribution < -0.4 is 0 Å². The Hall–Kier alpha value is -1.11. The quantitative estimate of drug-likeness (QED) is 0.697. The number of hydrogen-bond acceptors (Lipinski definition) is 1. The van der Waals surface area contributed by atoms with Gasteiger partial charge in [-0.3, -0.25) is 4.79 Å². The molecule has 0 aliphatic heterocycles. The Morgan fingerprint density at radius 2 is 2.07 bits per heavy atom. The number of ketones is 1. The molecule has 1 nitrogen and oxygen atoms in total. The number of hydrogen-bond donors (Lipinski definition) is 0. The van der Waals surface area contributed by atoms with E-state index in [1.54, 1.807) is 6.92 Å². The van der Waals surface area contributed by atoms with Gasteiger partial charge in [0, 0.05) is 5.92 Å². The molecule has 74 valence electrons. The third-order valence-corrected chi connectivity index (χ3v) is 3.14. The highest BCUT2D eigenvalue weighted by atomic mass is 16.1. The summed E-state index contributed by atoms with van der Waals surface area (Å²) >= 11 is 0. The van der Waals surface area contributed by atoms with Gasteiger partial charge in [0.25, 0.3) is 0 Å². The number of benzene rings is 1. The molecule has 1 aromatic rings. The Morgan fingerprint density at radius 3 is 2.57 bits per heavy atom. The highest BCUT2D eigenvalue weighted by molar-refractivity contribution is 5.82. The monoisotopic (exact) mass is 188 g/mol. The molecule has 14 heavy (non-hydrogen) atoms. The second kappa shape index (κ2) is 3.23. The van der Waals surface area contributed by atoms with Crippen molar-refractivity contribution in [1.29, 1.82) is 0 Å². The molecule has 2 atom stereocenters. The highest BCUT2D eigenvalue weighted by Gasteiger charge is 2.42. The van der Waals surface area contributed by atoms with Crippen LogP contribution in [0.1, 0.15) is 36.0 Å². The summed E-state index contributed by atoms with van der Waals surface area (Å²) < 4.78 is 0. The second-order valence-electron chi connectivity index (χ2n) is 4.42. The van der Waals surface area contributed by atoms with Crippen molar-refractivity contribution < 1.29 is 4.79 Å². The topological polar surface area (TPSA) is 17.1 Å². The van der Waals surface area contributed by atoms with Crippen LogP contribution in [0.4, 0.5) is 0 Å². The van der Waals surface area contributed by atoms with Crippen molar-refractivity contribution in [2.24, 2.45) is 5.92 Å². The van der Waals surface area contributed by atoms with Crippen LogP contribution in [0, 0.1) is 19.8 Å². The highest BCUT2D eigenvalue weighted by Crippen LogP contribution is 2.48. The van der Waals surface area contributed by atoms with Crippen molar-refractivity contribution in [2.45, 2.75) is 33.1 Å². The van der Waals surface area contributed by atoms with E-state index in [4.69, 9.17) is 0 Å². The van der Waals surface area contributed by atoms with E-state index in [9.17, 15) is 4.79 Å². The molecule has 0 N–H and O–H groups in total. The van der Waals surface area contributed by atoms with Crippen LogP contribution in [0.3, 0.4) is 0 Å². The number of carbonyl (C=O) groups excluding carboxylic acids is 1. The molecule has 0 radical (unpaired) electrons. The average molecular weight is 188 g/mol. The van der Waals surface area contributed by atoms with Crippen LogP contribution in [0.2, 0.25) is 0 Å². The van der Waals surface area contributed by atoms with E-state index in [2.05, 4.69) is 32.0 Å². The van der Waals surface area contributed by atoms with Gasteiger partial charge in [-0.25, -0.2) is 0 Å². The Kier molecular flexibility index (Phi) is 2.18. The van der Waals surface area contributed by atoms with Crippen LogP contribution in [0.25, 0.3) is 0 Å². The van der Waals surface area contributed by atoms with Gasteiger partial charge in [0.2, 0.25) is 0 Å². The predicted molar refractivity (Wildman–Crippen MR) is 57.4 cm³/mol. The van der Waals surface area contributed by atoms with Crippen molar-refractivity contribution in [2.75, 3.05) is 0 Å². The van der Waals surface area contributed by atoms with Gasteiger partial charge in [-0.2, -0.15) is 0 Å². The van der Waals surface area contributed by atoms with E-state index in [-0.39, 0.29) is 0 Å². The lowest BCUT2D eigenvalue weighted by Crippen LogP contribution is -1.96. The molecule has 1 aliphatic carbocycles. The zero-order chi connectivity index (χ0) is 10.3. The molecule has 0 heterocycles. The summed E-state index contributed by atoms with van der Waals surface area (Å²) in [6, 6.07) is 6.51. The minimum atomic E-state index is 0.302. The number of carbonyl (C=O) groups is 1. The molecule has 2 rings (SSSR count). The molecular formula is C13H16O. The molecule has 1 aliphatic rings. The zero-order valence-electron chi connectivity index (χ0n) is 9.00. The standard InChI is InChI=1S/C13H16O/c1-8-4-5-11(9(2)6-8)13-7-12(13)10(3)14/h4-6,12-13H,7H2,1-3H3. The normalized spacial score (nSPS) is 24.8. The molecule has 1 saturated carbocycles. The van der Waals surface area contributed by atoms with E-state index in [1.165, 1.54) is 16.7 Å². The molecule has 0 amide bonds. The fourth-order valence-corrected chi connectivity index (χ4v) is 2.23. The number of Topliss-reactive ketones (excluding diaryl/α,β-unsaturated/α-hetero) is 1. The SMILES string of the molecule is CC(=O)C1CC1c1ccc(C)cc1C. The number of aryl methyl sites for hydroxylation is 2. The van der Waals surface area contributed by atoms with Crippen LogP contribution in [-0.2, 0) is 4.79 Å². The Bertz CT molecular complexity index is 379. The van der Waals surface area contributed by atoms with Gasteiger partial charge in [0.1, 0.15) is 5.78 Å². The van der Waals surface area contributed by atoms with Gasteiger partial charge in [-0.15, -0.1) is 0 Å². The van der Waals surface area contributed by atoms with Crippen molar-refractivity contribution in [1.82, 2.24) is 0 Å². The molecular weight excluding hydrogens is 172 g/mol. The molecule has 2 unspecified atom stereocenters. The van der Waals surface area contributed by atoms with Gasteiger partial charge >= 0.3 is 0 Å². The van der Waals surface area contributed by atoms with Gasteiger partial charge in [0.15, 0.2) is 0 Å². The first-order valence-corrected chi connectivity index (χ1v) is 5.17. The molecule has 0 aromatic heterocycles. The lowest BCUT2D eigenvalue weighted by Gasteiger charge is -2.05.